The van der Waals surface area contributed by atoms with Crippen LogP contribution in [0.1, 0.15) is 33.6 Å². The van der Waals surface area contributed by atoms with Gasteiger partial charge in [-0.3, -0.25) is 0 Å². The number of benzene rings is 1. The third-order valence-corrected chi connectivity index (χ3v) is 5.49. The van der Waals surface area contributed by atoms with Crippen LogP contribution in [0.2, 0.25) is 0 Å². The summed E-state index contributed by atoms with van der Waals surface area (Å²) >= 11 is 0. The summed E-state index contributed by atoms with van der Waals surface area (Å²) in [5, 5.41) is -0.301. The van der Waals surface area contributed by atoms with Crippen molar-refractivity contribution in [2.24, 2.45) is 0 Å². The van der Waals surface area contributed by atoms with Gasteiger partial charge in [-0.15, -0.1) is 0 Å². The number of ether oxygens (including phenoxy) is 1. The fourth-order valence-corrected chi connectivity index (χ4v) is 4.33. The number of carbonyl (C=O) groups excluding carboxylic acids is 1. The van der Waals surface area contributed by atoms with Crippen LogP contribution in [0.15, 0.2) is 33.9 Å². The van der Waals surface area contributed by atoms with Crippen molar-refractivity contribution < 1.29 is 22.4 Å². The minimum Gasteiger partial charge on any atom is -0.444 e. The number of likely N-dealkylation sites (tertiary alicyclic amines) is 1. The second kappa shape index (κ2) is 6.33. The Kier molecular flexibility index (Phi) is 4.49. The fourth-order valence-electron chi connectivity index (χ4n) is 2.88. The smallest absolute Gasteiger partial charge is 0.410 e. The van der Waals surface area contributed by atoms with Crippen molar-refractivity contribution >= 4 is 27.0 Å². The van der Waals surface area contributed by atoms with Gasteiger partial charge in [0.25, 0.3) is 0 Å². The monoisotopic (exact) mass is 366 g/mol. The van der Waals surface area contributed by atoms with E-state index in [9.17, 15) is 13.2 Å². The predicted molar refractivity (Wildman–Crippen MR) is 92.0 cm³/mol. The van der Waals surface area contributed by atoms with Gasteiger partial charge in [0.05, 0.1) is 5.75 Å². The average Bonchev–Trinajstić information content (AvgIpc) is 3.11. The van der Waals surface area contributed by atoms with Crippen LogP contribution in [-0.2, 0) is 14.6 Å². The molecule has 8 heteroatoms. The number of oxazole rings is 1. The topological polar surface area (TPSA) is 89.7 Å². The molecule has 2 aromatic rings. The molecule has 1 aliphatic rings. The highest BCUT2D eigenvalue weighted by atomic mass is 32.2. The molecule has 0 spiro atoms. The lowest BCUT2D eigenvalue weighted by Crippen LogP contribution is -2.42. The van der Waals surface area contributed by atoms with Gasteiger partial charge in [0.15, 0.2) is 5.58 Å². The Balaban J connectivity index is 1.78. The highest BCUT2D eigenvalue weighted by Crippen LogP contribution is 2.25. The number of hydrogen-bond acceptors (Lipinski definition) is 6. The maximum atomic E-state index is 12.7. The SMILES string of the molecule is CC(C)(C)OC(=O)N1CCC[C@@H]1CS(=O)(=O)c1nc2ccccc2o1. The van der Waals surface area contributed by atoms with Crippen molar-refractivity contribution in [3.63, 3.8) is 0 Å². The summed E-state index contributed by atoms with van der Waals surface area (Å²) in [7, 11) is -3.74. The van der Waals surface area contributed by atoms with Crippen molar-refractivity contribution in [2.75, 3.05) is 12.3 Å². The number of rotatable bonds is 3. The lowest BCUT2D eigenvalue weighted by atomic mass is 10.2. The van der Waals surface area contributed by atoms with E-state index in [1.54, 1.807) is 45.0 Å². The Bertz CT molecular complexity index is 849. The molecule has 0 aliphatic carbocycles. The van der Waals surface area contributed by atoms with Gasteiger partial charge in [-0.2, -0.15) is 4.98 Å². The molecule has 0 saturated carbocycles. The Morgan fingerprint density at radius 3 is 2.76 bits per heavy atom. The van der Waals surface area contributed by atoms with Crippen molar-refractivity contribution in [3.05, 3.63) is 24.3 Å². The zero-order valence-electron chi connectivity index (χ0n) is 14.6. The summed E-state index contributed by atoms with van der Waals surface area (Å²) in [5.74, 6) is -0.223. The van der Waals surface area contributed by atoms with Gasteiger partial charge >= 0.3 is 11.3 Å². The van der Waals surface area contributed by atoms with Gasteiger partial charge in [0.2, 0.25) is 9.84 Å². The molecule has 1 fully saturated rings. The lowest BCUT2D eigenvalue weighted by Gasteiger charge is -2.28. The first-order valence-corrected chi connectivity index (χ1v) is 9.89. The number of carbonyl (C=O) groups is 1. The molecule has 1 aromatic carbocycles. The van der Waals surface area contributed by atoms with E-state index in [2.05, 4.69) is 4.98 Å². The summed E-state index contributed by atoms with van der Waals surface area (Å²) in [6, 6.07) is 6.45. The van der Waals surface area contributed by atoms with Crippen LogP contribution in [0, 0.1) is 0 Å². The predicted octanol–water partition coefficient (Wildman–Crippen LogP) is 3.00. The number of fused-ring (bicyclic) bond motifs is 1. The molecular weight excluding hydrogens is 344 g/mol. The summed E-state index contributed by atoms with van der Waals surface area (Å²) in [6.07, 6.45) is 0.869. The molecule has 0 unspecified atom stereocenters. The molecule has 3 rings (SSSR count). The van der Waals surface area contributed by atoms with Crippen molar-refractivity contribution in [1.29, 1.82) is 0 Å². The Hall–Kier alpha value is -2.09. The van der Waals surface area contributed by atoms with Crippen LogP contribution in [-0.4, -0.2) is 48.3 Å². The molecule has 1 amide bonds. The largest absolute Gasteiger partial charge is 0.444 e. The molecular formula is C17H22N2O5S. The molecule has 1 saturated heterocycles. The first-order chi connectivity index (χ1) is 11.7. The summed E-state index contributed by atoms with van der Waals surface area (Å²) in [6.45, 7) is 5.84. The molecule has 1 aromatic heterocycles. The molecule has 25 heavy (non-hydrogen) atoms. The molecule has 0 bridgehead atoms. The van der Waals surface area contributed by atoms with E-state index in [1.807, 2.05) is 0 Å². The van der Waals surface area contributed by atoms with Crippen LogP contribution >= 0.6 is 0 Å². The zero-order valence-corrected chi connectivity index (χ0v) is 15.4. The highest BCUT2D eigenvalue weighted by Gasteiger charge is 2.37. The quantitative estimate of drug-likeness (QED) is 0.829. The maximum absolute atomic E-state index is 12.7. The van der Waals surface area contributed by atoms with Crippen molar-refractivity contribution in [2.45, 2.75) is 50.5 Å². The van der Waals surface area contributed by atoms with Crippen LogP contribution in [0.25, 0.3) is 11.1 Å². The minimum atomic E-state index is -3.74. The molecule has 136 valence electrons. The standard InChI is InChI=1S/C17H22N2O5S/c1-17(2,3)24-16(20)19-10-6-7-12(19)11-25(21,22)15-18-13-8-4-5-9-14(13)23-15/h4-5,8-9,12H,6-7,10-11H2,1-3H3/t12-/m1/s1. The van der Waals surface area contributed by atoms with Gasteiger partial charge in [-0.1, -0.05) is 12.1 Å². The van der Waals surface area contributed by atoms with Gasteiger partial charge in [-0.25, -0.2) is 13.2 Å². The minimum absolute atomic E-state index is 0.223. The van der Waals surface area contributed by atoms with E-state index < -0.39 is 27.6 Å². The van der Waals surface area contributed by atoms with Gasteiger partial charge < -0.3 is 14.1 Å². The molecule has 1 aliphatic heterocycles. The Labute approximate surface area is 146 Å². The second-order valence-corrected chi connectivity index (χ2v) is 9.11. The molecule has 0 radical (unpaired) electrons. The van der Waals surface area contributed by atoms with E-state index in [1.165, 1.54) is 4.90 Å². The second-order valence-electron chi connectivity index (χ2n) is 7.20. The van der Waals surface area contributed by atoms with Crippen LogP contribution < -0.4 is 0 Å². The summed E-state index contributed by atoms with van der Waals surface area (Å²) < 4.78 is 36.1. The van der Waals surface area contributed by atoms with Crippen LogP contribution in [0.5, 0.6) is 0 Å². The normalized spacial score (nSPS) is 18.7. The number of hydrogen-bond donors (Lipinski definition) is 0. The van der Waals surface area contributed by atoms with E-state index in [0.717, 1.165) is 6.42 Å². The number of para-hydroxylation sites is 2. The van der Waals surface area contributed by atoms with Crippen molar-refractivity contribution in [3.8, 4) is 0 Å². The summed E-state index contributed by atoms with van der Waals surface area (Å²) in [4.78, 5) is 17.9. The van der Waals surface area contributed by atoms with Crippen molar-refractivity contribution in [1.82, 2.24) is 9.88 Å². The first-order valence-electron chi connectivity index (χ1n) is 8.24. The number of sulfone groups is 1. The van der Waals surface area contributed by atoms with Crippen LogP contribution in [0.4, 0.5) is 4.79 Å². The van der Waals surface area contributed by atoms with E-state index >= 15 is 0 Å². The average molecular weight is 366 g/mol. The third kappa shape index (κ3) is 3.95. The number of aromatic nitrogens is 1. The molecule has 0 N–H and O–H groups in total. The third-order valence-electron chi connectivity index (χ3n) is 3.96. The first kappa shape index (κ1) is 17.7. The Morgan fingerprint density at radius 1 is 1.36 bits per heavy atom. The lowest BCUT2D eigenvalue weighted by molar-refractivity contribution is 0.0241. The van der Waals surface area contributed by atoms with Crippen LogP contribution in [0.3, 0.4) is 0 Å². The molecule has 7 nitrogen and oxygen atoms in total. The molecule has 1 atom stereocenters. The van der Waals surface area contributed by atoms with E-state index in [-0.39, 0.29) is 11.0 Å². The number of amides is 1. The fraction of sp³-hybridized carbons (Fsp3) is 0.529. The molecule has 2 heterocycles. The van der Waals surface area contributed by atoms with E-state index in [4.69, 9.17) is 9.15 Å². The maximum Gasteiger partial charge on any atom is 0.410 e. The van der Waals surface area contributed by atoms with Gasteiger partial charge in [0, 0.05) is 12.6 Å². The van der Waals surface area contributed by atoms with Gasteiger partial charge in [-0.05, 0) is 45.7 Å². The highest BCUT2D eigenvalue weighted by molar-refractivity contribution is 7.91. The number of nitrogens with zero attached hydrogens (tertiary/aromatic N) is 2. The Morgan fingerprint density at radius 2 is 2.08 bits per heavy atom. The summed E-state index contributed by atoms with van der Waals surface area (Å²) in [5.41, 5.74) is 0.302. The van der Waals surface area contributed by atoms with E-state index in [0.29, 0.717) is 24.1 Å². The van der Waals surface area contributed by atoms with Gasteiger partial charge in [0.1, 0.15) is 11.1 Å². The zero-order chi connectivity index (χ0) is 18.2.